The number of hydrogen-bond acceptors (Lipinski definition) is 2. The van der Waals surface area contributed by atoms with Gasteiger partial charge in [0, 0.05) is 11.9 Å². The molecule has 0 aliphatic carbocycles. The number of aliphatic hydroxyl groups excluding tert-OH is 2. The van der Waals surface area contributed by atoms with Crippen LogP contribution in [0.15, 0.2) is 0 Å². The Morgan fingerprint density at radius 3 is 2.29 bits per heavy atom. The van der Waals surface area contributed by atoms with Gasteiger partial charge in [-0.3, -0.25) is 0 Å². The van der Waals surface area contributed by atoms with Crippen molar-refractivity contribution in [3.63, 3.8) is 0 Å². The van der Waals surface area contributed by atoms with Crippen molar-refractivity contribution in [2.75, 3.05) is 11.9 Å². The molecule has 0 rings (SSSR count). The third-order valence-corrected chi connectivity index (χ3v) is 1.39. The van der Waals surface area contributed by atoms with Gasteiger partial charge in [0.15, 0.2) is 0 Å². The number of halogens is 1. The minimum atomic E-state index is -0.384. The van der Waals surface area contributed by atoms with Gasteiger partial charge in [0.05, 0.1) is 6.10 Å². The Morgan fingerprint density at radius 2 is 2.14 bits per heavy atom. The summed E-state index contributed by atoms with van der Waals surface area (Å²) in [5.41, 5.74) is 0. The summed E-state index contributed by atoms with van der Waals surface area (Å²) in [5, 5.41) is 17.4. The molecular weight excluding hydrogens is 160 g/mol. The summed E-state index contributed by atoms with van der Waals surface area (Å²) < 4.78 is 0. The van der Waals surface area contributed by atoms with E-state index in [2.05, 4.69) is 15.9 Å². The lowest BCUT2D eigenvalue weighted by atomic mass is 10.3. The minimum absolute atomic E-state index is 0.0623. The zero-order chi connectivity index (χ0) is 5.70. The molecule has 0 spiro atoms. The van der Waals surface area contributed by atoms with E-state index in [0.717, 1.165) is 0 Å². The van der Waals surface area contributed by atoms with E-state index < -0.39 is 0 Å². The monoisotopic (exact) mass is 168 g/mol. The fourth-order valence-electron chi connectivity index (χ4n) is 0.226. The van der Waals surface area contributed by atoms with Crippen LogP contribution in [0.1, 0.15) is 6.42 Å². The van der Waals surface area contributed by atoms with Gasteiger partial charge in [0.25, 0.3) is 0 Å². The summed E-state index contributed by atoms with van der Waals surface area (Å²) in [7, 11) is 0. The summed E-state index contributed by atoms with van der Waals surface area (Å²) in [4.78, 5) is 0. The average molecular weight is 169 g/mol. The van der Waals surface area contributed by atoms with Crippen LogP contribution in [0.5, 0.6) is 0 Å². The van der Waals surface area contributed by atoms with Crippen LogP contribution in [0, 0.1) is 0 Å². The van der Waals surface area contributed by atoms with Crippen LogP contribution in [0.2, 0.25) is 0 Å². The quantitative estimate of drug-likeness (QED) is 0.589. The topological polar surface area (TPSA) is 40.5 Å². The van der Waals surface area contributed by atoms with Gasteiger partial charge in [-0.1, -0.05) is 15.9 Å². The molecule has 0 fully saturated rings. The molecule has 2 N–H and O–H groups in total. The number of hydrogen-bond donors (Lipinski definition) is 2. The Kier molecular flexibility index (Phi) is 4.82. The lowest BCUT2D eigenvalue weighted by Crippen LogP contribution is -2.09. The van der Waals surface area contributed by atoms with Crippen molar-refractivity contribution >= 4 is 15.9 Å². The van der Waals surface area contributed by atoms with Crippen LogP contribution in [0.4, 0.5) is 0 Å². The molecule has 0 saturated heterocycles. The first-order chi connectivity index (χ1) is 3.31. The molecule has 0 bridgehead atoms. The highest BCUT2D eigenvalue weighted by molar-refractivity contribution is 9.09. The molecule has 0 heterocycles. The second-order valence-electron chi connectivity index (χ2n) is 1.32. The van der Waals surface area contributed by atoms with Crippen LogP contribution < -0.4 is 0 Å². The summed E-state index contributed by atoms with van der Waals surface area (Å²) >= 11 is 3.05. The number of alkyl halides is 1. The zero-order valence-electron chi connectivity index (χ0n) is 3.97. The second-order valence-corrected chi connectivity index (χ2v) is 1.97. The largest absolute Gasteiger partial charge is 0.396 e. The molecule has 1 atom stereocenters. The summed E-state index contributed by atoms with van der Waals surface area (Å²) in [5.74, 6) is 0. The van der Waals surface area contributed by atoms with Gasteiger partial charge in [-0.25, -0.2) is 0 Å². The van der Waals surface area contributed by atoms with Crippen LogP contribution in [-0.4, -0.2) is 28.3 Å². The third kappa shape index (κ3) is 4.25. The molecule has 0 aromatic rings. The summed E-state index contributed by atoms with van der Waals surface area (Å²) in [6, 6.07) is 0. The van der Waals surface area contributed by atoms with Crippen LogP contribution in [0.25, 0.3) is 0 Å². The number of rotatable bonds is 3. The van der Waals surface area contributed by atoms with E-state index in [-0.39, 0.29) is 12.7 Å². The maximum Gasteiger partial charge on any atom is 0.0658 e. The molecule has 44 valence electrons. The van der Waals surface area contributed by atoms with Crippen molar-refractivity contribution in [1.82, 2.24) is 0 Å². The first-order valence-corrected chi connectivity index (χ1v) is 3.28. The van der Waals surface area contributed by atoms with Crippen LogP contribution in [-0.2, 0) is 0 Å². The molecule has 7 heavy (non-hydrogen) atoms. The van der Waals surface area contributed by atoms with Gasteiger partial charge in [-0.05, 0) is 6.42 Å². The molecule has 0 saturated carbocycles. The van der Waals surface area contributed by atoms with E-state index >= 15 is 0 Å². The molecule has 0 aromatic carbocycles. The first kappa shape index (κ1) is 7.40. The van der Waals surface area contributed by atoms with Crippen molar-refractivity contribution in [2.24, 2.45) is 0 Å². The van der Waals surface area contributed by atoms with Gasteiger partial charge >= 0.3 is 0 Å². The molecule has 0 unspecified atom stereocenters. The molecule has 0 radical (unpaired) electrons. The normalized spacial score (nSPS) is 14.1. The maximum atomic E-state index is 8.65. The van der Waals surface area contributed by atoms with E-state index in [1.54, 1.807) is 0 Å². The molecular formula is C4H9BrO2. The Balaban J connectivity index is 2.83. The van der Waals surface area contributed by atoms with Crippen LogP contribution in [0.3, 0.4) is 0 Å². The Labute approximate surface area is 51.3 Å². The predicted octanol–water partition coefficient (Wildman–Crippen LogP) is 0.125. The standard InChI is InChI=1S/C4H9BrO2/c5-3-4(7)1-2-6/h4,6-7H,1-3H2/t4-/m1/s1. The van der Waals surface area contributed by atoms with Gasteiger partial charge in [0.2, 0.25) is 0 Å². The summed E-state index contributed by atoms with van der Waals surface area (Å²) in [6.07, 6.45) is 0.0793. The van der Waals surface area contributed by atoms with E-state index in [4.69, 9.17) is 10.2 Å². The number of aliphatic hydroxyl groups is 2. The van der Waals surface area contributed by atoms with Crippen molar-refractivity contribution in [3.8, 4) is 0 Å². The van der Waals surface area contributed by atoms with E-state index in [9.17, 15) is 0 Å². The molecule has 2 nitrogen and oxygen atoms in total. The van der Waals surface area contributed by atoms with Crippen molar-refractivity contribution < 1.29 is 10.2 Å². The Morgan fingerprint density at radius 1 is 1.57 bits per heavy atom. The molecule has 0 aliphatic rings. The lowest BCUT2D eigenvalue weighted by molar-refractivity contribution is 0.153. The first-order valence-electron chi connectivity index (χ1n) is 2.16. The molecule has 3 heteroatoms. The smallest absolute Gasteiger partial charge is 0.0658 e. The SMILES string of the molecule is OCC[C@@H](O)CBr. The van der Waals surface area contributed by atoms with E-state index in [0.29, 0.717) is 11.8 Å². The maximum absolute atomic E-state index is 8.65. The van der Waals surface area contributed by atoms with E-state index in [1.165, 1.54) is 0 Å². The molecule has 0 aromatic heterocycles. The predicted molar refractivity (Wildman–Crippen MR) is 31.5 cm³/mol. The average Bonchev–Trinajstić information content (AvgIpc) is 1.68. The van der Waals surface area contributed by atoms with Gasteiger partial charge in [-0.2, -0.15) is 0 Å². The van der Waals surface area contributed by atoms with Gasteiger partial charge in [-0.15, -0.1) is 0 Å². The molecule has 0 amide bonds. The lowest BCUT2D eigenvalue weighted by Gasteiger charge is -2.00. The van der Waals surface area contributed by atoms with Crippen molar-refractivity contribution in [1.29, 1.82) is 0 Å². The molecule has 0 aliphatic heterocycles. The van der Waals surface area contributed by atoms with Gasteiger partial charge < -0.3 is 10.2 Å². The fraction of sp³-hybridized carbons (Fsp3) is 1.00. The second kappa shape index (κ2) is 4.56. The Bertz CT molecular complexity index is 40.7. The van der Waals surface area contributed by atoms with Crippen molar-refractivity contribution in [3.05, 3.63) is 0 Å². The highest BCUT2D eigenvalue weighted by Gasteiger charge is 1.96. The van der Waals surface area contributed by atoms with Crippen molar-refractivity contribution in [2.45, 2.75) is 12.5 Å². The highest BCUT2D eigenvalue weighted by Crippen LogP contribution is 1.93. The highest BCUT2D eigenvalue weighted by atomic mass is 79.9. The minimum Gasteiger partial charge on any atom is -0.396 e. The fourth-order valence-corrected chi connectivity index (χ4v) is 0.550. The van der Waals surface area contributed by atoms with E-state index in [1.807, 2.05) is 0 Å². The van der Waals surface area contributed by atoms with Gasteiger partial charge in [0.1, 0.15) is 0 Å². The zero-order valence-corrected chi connectivity index (χ0v) is 5.56. The Hall–Kier alpha value is 0.400. The summed E-state index contributed by atoms with van der Waals surface area (Å²) in [6.45, 7) is 0.0623. The third-order valence-electron chi connectivity index (χ3n) is 0.640. The van der Waals surface area contributed by atoms with Crippen LogP contribution >= 0.6 is 15.9 Å².